The van der Waals surface area contributed by atoms with Crippen LogP contribution >= 0.6 is 0 Å². The van der Waals surface area contributed by atoms with Gasteiger partial charge < -0.3 is 19.7 Å². The number of rotatable bonds is 6. The number of benzene rings is 3. The highest BCUT2D eigenvalue weighted by Gasteiger charge is 2.27. The minimum Gasteiger partial charge on any atom is -0.490 e. The van der Waals surface area contributed by atoms with Crippen molar-refractivity contribution in [2.45, 2.75) is 0 Å². The minimum atomic E-state index is 0.562. The molecule has 7 rings (SSSR count). The van der Waals surface area contributed by atoms with Crippen LogP contribution in [0.5, 0.6) is 11.6 Å². The lowest BCUT2D eigenvalue weighted by Crippen LogP contribution is -2.28. The molecule has 0 radical (unpaired) electrons. The van der Waals surface area contributed by atoms with Gasteiger partial charge in [0.1, 0.15) is 29.7 Å². The predicted molar refractivity (Wildman–Crippen MR) is 162 cm³/mol. The zero-order valence-corrected chi connectivity index (χ0v) is 22.8. The Morgan fingerprint density at radius 2 is 1.59 bits per heavy atom. The van der Waals surface area contributed by atoms with Gasteiger partial charge in [0.25, 0.3) is 0 Å². The third-order valence-corrected chi connectivity index (χ3v) is 7.28. The Balaban J connectivity index is 1.55. The smallest absolute Gasteiger partial charge is 0.228 e. The number of nitrogens with one attached hydrogen (secondary N) is 1. The van der Waals surface area contributed by atoms with E-state index in [1.807, 2.05) is 71.2 Å². The predicted octanol–water partition coefficient (Wildman–Crippen LogP) is 6.71. The zero-order chi connectivity index (χ0) is 27.8. The van der Waals surface area contributed by atoms with Crippen LogP contribution in [-0.4, -0.2) is 46.9 Å². The summed E-state index contributed by atoms with van der Waals surface area (Å²) >= 11 is 0. The van der Waals surface area contributed by atoms with Gasteiger partial charge in [0.15, 0.2) is 5.65 Å². The van der Waals surface area contributed by atoms with Gasteiger partial charge >= 0.3 is 0 Å². The first-order valence-electron chi connectivity index (χ1n) is 13.5. The lowest BCUT2D eigenvalue weighted by molar-refractivity contribution is 0.311. The largest absolute Gasteiger partial charge is 0.490 e. The van der Waals surface area contributed by atoms with E-state index >= 15 is 0 Å². The maximum atomic E-state index is 6.16. The Morgan fingerprint density at radius 1 is 0.829 bits per heavy atom. The molecule has 0 saturated carbocycles. The van der Waals surface area contributed by atoms with Gasteiger partial charge in [-0.15, -0.1) is 0 Å². The second-order valence-corrected chi connectivity index (χ2v) is 9.83. The molecule has 0 amide bonds. The van der Waals surface area contributed by atoms with Crippen molar-refractivity contribution in [3.8, 4) is 45.1 Å². The van der Waals surface area contributed by atoms with Gasteiger partial charge in [0.2, 0.25) is 5.88 Å². The lowest BCUT2D eigenvalue weighted by atomic mass is 10.0. The Labute approximate surface area is 237 Å². The quantitative estimate of drug-likeness (QED) is 0.252. The molecule has 202 valence electrons. The molecule has 6 aromatic rings. The van der Waals surface area contributed by atoms with Crippen molar-refractivity contribution in [3.63, 3.8) is 0 Å². The Bertz CT molecular complexity index is 1840. The monoisotopic (exact) mass is 540 g/mol. The number of nitrogens with zero attached hydrogens (tertiary/aromatic N) is 5. The molecular formula is C33H28N6O2. The Hall–Kier alpha value is -5.37. The SMILES string of the molecule is COc1c(-c2ccc3c(c2)N(C)CCO3)c(Nc2ccccn2)nc2c(-c3ccccc3)c(-c3ccccc3)nn12. The van der Waals surface area contributed by atoms with E-state index < -0.39 is 0 Å². The number of aromatic nitrogens is 4. The van der Waals surface area contributed by atoms with Gasteiger partial charge in [-0.25, -0.2) is 9.97 Å². The summed E-state index contributed by atoms with van der Waals surface area (Å²) in [7, 11) is 3.74. The molecule has 4 heterocycles. The maximum Gasteiger partial charge on any atom is 0.228 e. The topological polar surface area (TPSA) is 76.8 Å². The van der Waals surface area contributed by atoms with Crippen LogP contribution < -0.4 is 19.7 Å². The van der Waals surface area contributed by atoms with Crippen LogP contribution in [0.3, 0.4) is 0 Å². The molecule has 3 aromatic carbocycles. The lowest BCUT2D eigenvalue weighted by Gasteiger charge is -2.28. The summed E-state index contributed by atoms with van der Waals surface area (Å²) in [6, 6.07) is 32.3. The molecule has 8 heteroatoms. The molecule has 0 atom stereocenters. The highest BCUT2D eigenvalue weighted by molar-refractivity contribution is 5.94. The Kier molecular flexibility index (Phi) is 6.20. The summed E-state index contributed by atoms with van der Waals surface area (Å²) in [6.07, 6.45) is 1.75. The number of pyridine rings is 1. The van der Waals surface area contributed by atoms with Crippen LogP contribution in [0.4, 0.5) is 17.3 Å². The normalized spacial score (nSPS) is 12.6. The van der Waals surface area contributed by atoms with Gasteiger partial charge in [0.05, 0.1) is 30.5 Å². The molecule has 1 N–H and O–H groups in total. The fourth-order valence-corrected chi connectivity index (χ4v) is 5.30. The van der Waals surface area contributed by atoms with Gasteiger partial charge in [-0.2, -0.15) is 9.61 Å². The van der Waals surface area contributed by atoms with Crippen molar-refractivity contribution in [2.75, 3.05) is 37.5 Å². The average Bonchev–Trinajstić information content (AvgIpc) is 3.41. The standard InChI is InChI=1S/C33H28N6O2/c1-38-19-20-41-26-17-16-24(21-25(26)38)29-31(35-27-15-9-10-18-34-27)36-32-28(22-11-5-3-6-12-22)30(23-13-7-4-8-14-23)37-39(32)33(29)40-2/h3-18,21H,19-20H2,1-2H3,(H,34,35,36). The van der Waals surface area contributed by atoms with E-state index in [1.54, 1.807) is 13.3 Å². The van der Waals surface area contributed by atoms with E-state index in [0.29, 0.717) is 29.8 Å². The molecule has 0 fully saturated rings. The highest BCUT2D eigenvalue weighted by Crippen LogP contribution is 2.44. The minimum absolute atomic E-state index is 0.562. The second-order valence-electron chi connectivity index (χ2n) is 9.83. The van der Waals surface area contributed by atoms with Crippen molar-refractivity contribution in [2.24, 2.45) is 0 Å². The second kappa shape index (κ2) is 10.3. The molecular weight excluding hydrogens is 512 g/mol. The summed E-state index contributed by atoms with van der Waals surface area (Å²) in [5, 5.41) is 8.59. The van der Waals surface area contributed by atoms with Crippen molar-refractivity contribution in [1.82, 2.24) is 19.6 Å². The van der Waals surface area contributed by atoms with E-state index in [0.717, 1.165) is 51.5 Å². The van der Waals surface area contributed by atoms with Crippen LogP contribution in [0.1, 0.15) is 0 Å². The van der Waals surface area contributed by atoms with Gasteiger partial charge in [-0.05, 0) is 35.4 Å². The fourth-order valence-electron chi connectivity index (χ4n) is 5.30. The van der Waals surface area contributed by atoms with E-state index in [2.05, 4.69) is 52.6 Å². The summed E-state index contributed by atoms with van der Waals surface area (Å²) in [5.74, 6) is 2.71. The molecule has 41 heavy (non-hydrogen) atoms. The molecule has 0 unspecified atom stereocenters. The number of methoxy groups -OCH3 is 1. The number of anilines is 3. The summed E-state index contributed by atoms with van der Waals surface area (Å²) in [6.45, 7) is 1.47. The van der Waals surface area contributed by atoms with Gasteiger partial charge in [-0.3, -0.25) is 0 Å². The first kappa shape index (κ1) is 24.7. The summed E-state index contributed by atoms with van der Waals surface area (Å²) in [5.41, 5.74) is 7.12. The highest BCUT2D eigenvalue weighted by atomic mass is 16.5. The van der Waals surface area contributed by atoms with Crippen LogP contribution in [0, 0.1) is 0 Å². The third kappa shape index (κ3) is 4.39. The number of hydrogen-bond acceptors (Lipinski definition) is 7. The molecule has 1 aliphatic rings. The van der Waals surface area contributed by atoms with E-state index in [9.17, 15) is 0 Å². The van der Waals surface area contributed by atoms with Crippen LogP contribution in [0.2, 0.25) is 0 Å². The van der Waals surface area contributed by atoms with Crippen LogP contribution in [-0.2, 0) is 0 Å². The van der Waals surface area contributed by atoms with Crippen molar-refractivity contribution in [3.05, 3.63) is 103 Å². The van der Waals surface area contributed by atoms with E-state index in [-0.39, 0.29) is 0 Å². The fraction of sp³-hybridized carbons (Fsp3) is 0.121. The first-order valence-corrected chi connectivity index (χ1v) is 13.5. The summed E-state index contributed by atoms with van der Waals surface area (Å²) < 4.78 is 13.9. The molecule has 0 spiro atoms. The third-order valence-electron chi connectivity index (χ3n) is 7.28. The average molecular weight is 541 g/mol. The number of hydrogen-bond donors (Lipinski definition) is 1. The number of likely N-dealkylation sites (N-methyl/N-ethyl adjacent to an activating group) is 1. The maximum absolute atomic E-state index is 6.16. The Morgan fingerprint density at radius 3 is 2.32 bits per heavy atom. The first-order chi connectivity index (χ1) is 20.2. The van der Waals surface area contributed by atoms with E-state index in [1.165, 1.54) is 0 Å². The molecule has 0 bridgehead atoms. The van der Waals surface area contributed by atoms with Gasteiger partial charge in [-0.1, -0.05) is 72.8 Å². The van der Waals surface area contributed by atoms with Crippen molar-refractivity contribution in [1.29, 1.82) is 0 Å². The number of ether oxygens (including phenoxy) is 2. The molecule has 0 aliphatic carbocycles. The van der Waals surface area contributed by atoms with Crippen molar-refractivity contribution >= 4 is 23.0 Å². The van der Waals surface area contributed by atoms with Crippen LogP contribution in [0.25, 0.3) is 39.2 Å². The molecule has 0 saturated heterocycles. The van der Waals surface area contributed by atoms with Crippen molar-refractivity contribution < 1.29 is 9.47 Å². The molecule has 1 aliphatic heterocycles. The van der Waals surface area contributed by atoms with E-state index in [4.69, 9.17) is 19.6 Å². The molecule has 3 aromatic heterocycles. The zero-order valence-electron chi connectivity index (χ0n) is 22.8. The molecule has 8 nitrogen and oxygen atoms in total. The van der Waals surface area contributed by atoms with Crippen LogP contribution in [0.15, 0.2) is 103 Å². The van der Waals surface area contributed by atoms with Gasteiger partial charge in [0, 0.05) is 18.8 Å². The number of fused-ring (bicyclic) bond motifs is 2. The summed E-state index contributed by atoms with van der Waals surface area (Å²) in [4.78, 5) is 11.9.